The Kier molecular flexibility index (Phi) is 2.72. The van der Waals surface area contributed by atoms with Crippen LogP contribution in [-0.2, 0) is 6.42 Å². The summed E-state index contributed by atoms with van der Waals surface area (Å²) in [7, 11) is 0. The number of imidazole rings is 1. The number of nitrogens with zero attached hydrogens (tertiary/aromatic N) is 2. The van der Waals surface area contributed by atoms with E-state index in [0.717, 1.165) is 12.2 Å². The second kappa shape index (κ2) is 4.58. The summed E-state index contributed by atoms with van der Waals surface area (Å²) in [5, 5.41) is 2.08. The Labute approximate surface area is 121 Å². The van der Waals surface area contributed by atoms with Crippen molar-refractivity contribution in [3.8, 4) is 10.7 Å². The number of thiophene rings is 1. The first-order valence-corrected chi connectivity index (χ1v) is 7.62. The monoisotopic (exact) mass is 281 g/mol. The van der Waals surface area contributed by atoms with Crippen LogP contribution in [0.25, 0.3) is 10.7 Å². The van der Waals surface area contributed by atoms with E-state index in [2.05, 4.69) is 51.3 Å². The molecule has 2 aromatic heterocycles. The Morgan fingerprint density at radius 1 is 1.20 bits per heavy atom. The molecule has 0 saturated heterocycles. The molecule has 1 aromatic carbocycles. The van der Waals surface area contributed by atoms with Crippen LogP contribution in [0.3, 0.4) is 0 Å². The van der Waals surface area contributed by atoms with Crippen LogP contribution in [0.4, 0.5) is 0 Å². The van der Waals surface area contributed by atoms with Crippen LogP contribution < -0.4 is 5.73 Å². The van der Waals surface area contributed by atoms with Gasteiger partial charge in [0.05, 0.1) is 17.0 Å². The number of aromatic nitrogens is 2. The van der Waals surface area contributed by atoms with Gasteiger partial charge in [0.15, 0.2) is 0 Å². The lowest BCUT2D eigenvalue weighted by Crippen LogP contribution is -2.21. The first kappa shape index (κ1) is 11.9. The minimum atomic E-state index is 0.0408. The van der Waals surface area contributed by atoms with Gasteiger partial charge in [-0.1, -0.05) is 30.3 Å². The van der Waals surface area contributed by atoms with Gasteiger partial charge in [0.1, 0.15) is 5.82 Å². The fraction of sp³-hybridized carbons (Fsp3) is 0.188. The van der Waals surface area contributed by atoms with Crippen molar-refractivity contribution >= 4 is 11.3 Å². The van der Waals surface area contributed by atoms with Gasteiger partial charge >= 0.3 is 0 Å². The topological polar surface area (TPSA) is 43.8 Å². The zero-order valence-corrected chi connectivity index (χ0v) is 11.8. The summed E-state index contributed by atoms with van der Waals surface area (Å²) in [5.41, 5.74) is 9.08. The molecule has 0 aliphatic heterocycles. The normalized spacial score (nSPS) is 21.1. The Bertz CT molecular complexity index is 730. The molecule has 3 aromatic rings. The first-order valence-electron chi connectivity index (χ1n) is 6.74. The van der Waals surface area contributed by atoms with Crippen LogP contribution in [0.15, 0.2) is 54.2 Å². The highest BCUT2D eigenvalue weighted by atomic mass is 32.1. The largest absolute Gasteiger partial charge is 0.325 e. The summed E-state index contributed by atoms with van der Waals surface area (Å²) in [6, 6.07) is 12.9. The minimum Gasteiger partial charge on any atom is -0.325 e. The van der Waals surface area contributed by atoms with E-state index in [4.69, 9.17) is 5.73 Å². The van der Waals surface area contributed by atoms with Crippen molar-refractivity contribution in [3.63, 3.8) is 0 Å². The van der Waals surface area contributed by atoms with Gasteiger partial charge in [-0.2, -0.15) is 0 Å². The molecule has 2 heterocycles. The van der Waals surface area contributed by atoms with E-state index in [9.17, 15) is 0 Å². The molecule has 0 spiro atoms. The zero-order chi connectivity index (χ0) is 13.5. The second-order valence-electron chi connectivity index (χ2n) is 5.13. The van der Waals surface area contributed by atoms with Gasteiger partial charge in [0.25, 0.3) is 0 Å². The van der Waals surface area contributed by atoms with E-state index >= 15 is 0 Å². The van der Waals surface area contributed by atoms with Crippen LogP contribution in [0, 0.1) is 0 Å². The summed E-state index contributed by atoms with van der Waals surface area (Å²) in [6.45, 7) is 0. The molecule has 3 nitrogen and oxygen atoms in total. The predicted octanol–water partition coefficient (Wildman–Crippen LogP) is 3.41. The number of hydrogen-bond acceptors (Lipinski definition) is 3. The molecule has 2 N–H and O–H groups in total. The average molecular weight is 281 g/mol. The van der Waals surface area contributed by atoms with Crippen molar-refractivity contribution in [2.24, 2.45) is 5.73 Å². The number of rotatable bonds is 2. The summed E-state index contributed by atoms with van der Waals surface area (Å²) in [6.07, 6.45) is 4.89. The van der Waals surface area contributed by atoms with Gasteiger partial charge in [-0.25, -0.2) is 4.98 Å². The van der Waals surface area contributed by atoms with Gasteiger partial charge in [0.2, 0.25) is 0 Å². The quantitative estimate of drug-likeness (QED) is 0.782. The van der Waals surface area contributed by atoms with Gasteiger partial charge < -0.3 is 10.3 Å². The van der Waals surface area contributed by atoms with Crippen molar-refractivity contribution in [1.29, 1.82) is 0 Å². The molecule has 0 saturated carbocycles. The zero-order valence-electron chi connectivity index (χ0n) is 10.9. The molecule has 1 aliphatic rings. The minimum absolute atomic E-state index is 0.0408. The van der Waals surface area contributed by atoms with Gasteiger partial charge in [-0.15, -0.1) is 11.3 Å². The Hall–Kier alpha value is -1.91. The van der Waals surface area contributed by atoms with E-state index in [1.165, 1.54) is 16.0 Å². The third-order valence-electron chi connectivity index (χ3n) is 4.03. The van der Waals surface area contributed by atoms with E-state index in [1.807, 2.05) is 12.4 Å². The summed E-state index contributed by atoms with van der Waals surface area (Å²) in [4.78, 5) is 5.71. The lowest BCUT2D eigenvalue weighted by atomic mass is 10.1. The Morgan fingerprint density at radius 2 is 2.10 bits per heavy atom. The lowest BCUT2D eigenvalue weighted by Gasteiger charge is -2.19. The highest BCUT2D eigenvalue weighted by Gasteiger charge is 2.31. The molecule has 0 radical (unpaired) electrons. The molecule has 4 rings (SSSR count). The molecule has 0 fully saturated rings. The van der Waals surface area contributed by atoms with Crippen LogP contribution in [0.2, 0.25) is 0 Å². The fourth-order valence-electron chi connectivity index (χ4n) is 3.05. The maximum atomic E-state index is 6.46. The molecule has 2 unspecified atom stereocenters. The van der Waals surface area contributed by atoms with E-state index < -0.39 is 0 Å². The third kappa shape index (κ3) is 1.72. The smallest absolute Gasteiger partial charge is 0.150 e. The van der Waals surface area contributed by atoms with Crippen molar-refractivity contribution in [2.75, 3.05) is 0 Å². The SMILES string of the molecule is NC1c2ccccc2CC1n1ccnc1-c1cccs1. The summed E-state index contributed by atoms with van der Waals surface area (Å²) < 4.78 is 2.23. The molecule has 100 valence electrons. The molecule has 20 heavy (non-hydrogen) atoms. The van der Waals surface area contributed by atoms with Crippen LogP contribution in [0.1, 0.15) is 23.2 Å². The second-order valence-corrected chi connectivity index (χ2v) is 6.08. The maximum Gasteiger partial charge on any atom is 0.150 e. The van der Waals surface area contributed by atoms with Crippen molar-refractivity contribution < 1.29 is 0 Å². The number of fused-ring (bicyclic) bond motifs is 1. The van der Waals surface area contributed by atoms with Crippen LogP contribution in [-0.4, -0.2) is 9.55 Å². The van der Waals surface area contributed by atoms with Crippen molar-refractivity contribution in [3.05, 3.63) is 65.3 Å². The molecule has 0 amide bonds. The van der Waals surface area contributed by atoms with Crippen molar-refractivity contribution in [1.82, 2.24) is 9.55 Å². The van der Waals surface area contributed by atoms with Gasteiger partial charge in [-0.05, 0) is 29.0 Å². The van der Waals surface area contributed by atoms with Crippen LogP contribution >= 0.6 is 11.3 Å². The van der Waals surface area contributed by atoms with Crippen molar-refractivity contribution in [2.45, 2.75) is 18.5 Å². The van der Waals surface area contributed by atoms with E-state index in [-0.39, 0.29) is 12.1 Å². The number of nitrogens with two attached hydrogens (primary N) is 1. The molecular formula is C16H15N3S. The maximum absolute atomic E-state index is 6.46. The predicted molar refractivity (Wildman–Crippen MR) is 81.7 cm³/mol. The van der Waals surface area contributed by atoms with Gasteiger partial charge in [-0.3, -0.25) is 0 Å². The van der Waals surface area contributed by atoms with E-state index in [0.29, 0.717) is 0 Å². The Morgan fingerprint density at radius 3 is 2.90 bits per heavy atom. The first-order chi connectivity index (χ1) is 9.84. The standard InChI is InChI=1S/C16H15N3S/c17-15-12-5-2-1-4-11(12)10-13(15)19-8-7-18-16(19)14-6-3-9-20-14/h1-9,13,15H,10,17H2. The fourth-order valence-corrected chi connectivity index (χ4v) is 3.78. The lowest BCUT2D eigenvalue weighted by molar-refractivity contribution is 0.454. The Balaban J connectivity index is 1.76. The third-order valence-corrected chi connectivity index (χ3v) is 4.89. The molecule has 2 atom stereocenters. The number of hydrogen-bond donors (Lipinski definition) is 1. The van der Waals surface area contributed by atoms with Gasteiger partial charge in [0, 0.05) is 12.4 Å². The molecule has 0 bridgehead atoms. The highest BCUT2D eigenvalue weighted by Crippen LogP contribution is 2.39. The molecule has 1 aliphatic carbocycles. The average Bonchev–Trinajstić information content (AvgIpc) is 3.17. The number of benzene rings is 1. The summed E-state index contributed by atoms with van der Waals surface area (Å²) in [5.74, 6) is 1.02. The highest BCUT2D eigenvalue weighted by molar-refractivity contribution is 7.13. The molecular weight excluding hydrogens is 266 g/mol. The summed E-state index contributed by atoms with van der Waals surface area (Å²) >= 11 is 1.71. The van der Waals surface area contributed by atoms with Crippen LogP contribution in [0.5, 0.6) is 0 Å². The molecule has 4 heteroatoms. The van der Waals surface area contributed by atoms with E-state index in [1.54, 1.807) is 11.3 Å².